The number of methoxy groups -OCH3 is 1. The average molecular weight is 429 g/mol. The molecule has 1 N–H and O–H groups in total. The van der Waals surface area contributed by atoms with E-state index in [0.717, 1.165) is 0 Å². The van der Waals surface area contributed by atoms with Crippen LogP contribution in [0.3, 0.4) is 0 Å². The largest absolute Gasteiger partial charge is 0.468 e. The molecule has 2 heterocycles. The predicted octanol–water partition coefficient (Wildman–Crippen LogP) is 4.12. The van der Waals surface area contributed by atoms with Crippen molar-refractivity contribution in [2.45, 2.75) is 5.92 Å². The number of ether oxygens (including phenoxy) is 1. The third-order valence-electron chi connectivity index (χ3n) is 5.11. The van der Waals surface area contributed by atoms with Gasteiger partial charge in [0.1, 0.15) is 5.82 Å². The SMILES string of the molecule is COC(=O)C(CNC(=O)c1cc(-c2ccccn2)nc2ccccc12)c1ccc(F)cc1. The van der Waals surface area contributed by atoms with E-state index in [-0.39, 0.29) is 12.5 Å². The van der Waals surface area contributed by atoms with Crippen molar-refractivity contribution in [1.82, 2.24) is 15.3 Å². The van der Waals surface area contributed by atoms with Crippen LogP contribution in [0.1, 0.15) is 21.8 Å². The Bertz CT molecular complexity index is 1260. The highest BCUT2D eigenvalue weighted by Crippen LogP contribution is 2.24. The number of hydrogen-bond donors (Lipinski definition) is 1. The van der Waals surface area contributed by atoms with Gasteiger partial charge in [0, 0.05) is 18.1 Å². The minimum Gasteiger partial charge on any atom is -0.468 e. The molecule has 0 bridgehead atoms. The number of para-hydroxylation sites is 1. The molecule has 0 radical (unpaired) electrons. The number of fused-ring (bicyclic) bond motifs is 1. The molecule has 32 heavy (non-hydrogen) atoms. The van der Waals surface area contributed by atoms with E-state index in [0.29, 0.717) is 33.4 Å². The zero-order valence-corrected chi connectivity index (χ0v) is 17.3. The Balaban J connectivity index is 1.65. The molecule has 0 aliphatic heterocycles. The van der Waals surface area contributed by atoms with E-state index in [1.54, 1.807) is 18.3 Å². The van der Waals surface area contributed by atoms with Crippen LogP contribution in [0.4, 0.5) is 4.39 Å². The molecule has 1 unspecified atom stereocenters. The van der Waals surface area contributed by atoms with Gasteiger partial charge in [-0.25, -0.2) is 9.37 Å². The van der Waals surface area contributed by atoms with Gasteiger partial charge in [0.05, 0.1) is 35.5 Å². The van der Waals surface area contributed by atoms with E-state index in [1.165, 1.54) is 31.4 Å². The second-order valence-electron chi connectivity index (χ2n) is 7.12. The summed E-state index contributed by atoms with van der Waals surface area (Å²) in [5, 5.41) is 3.50. The molecule has 1 atom stereocenters. The lowest BCUT2D eigenvalue weighted by atomic mass is 9.98. The topological polar surface area (TPSA) is 81.2 Å². The number of carbonyl (C=O) groups excluding carboxylic acids is 2. The fourth-order valence-electron chi connectivity index (χ4n) is 3.47. The Hall–Kier alpha value is -4.13. The molecule has 0 spiro atoms. The summed E-state index contributed by atoms with van der Waals surface area (Å²) in [6, 6.07) is 20.0. The van der Waals surface area contributed by atoms with Crippen LogP contribution in [-0.2, 0) is 9.53 Å². The van der Waals surface area contributed by atoms with Gasteiger partial charge in [0.15, 0.2) is 0 Å². The summed E-state index contributed by atoms with van der Waals surface area (Å²) in [5.74, 6) is -2.07. The van der Waals surface area contributed by atoms with E-state index < -0.39 is 17.7 Å². The van der Waals surface area contributed by atoms with Gasteiger partial charge in [0.2, 0.25) is 0 Å². The van der Waals surface area contributed by atoms with Crippen molar-refractivity contribution in [2.24, 2.45) is 0 Å². The van der Waals surface area contributed by atoms with Gasteiger partial charge in [-0.3, -0.25) is 14.6 Å². The third-order valence-corrected chi connectivity index (χ3v) is 5.11. The number of nitrogens with zero attached hydrogens (tertiary/aromatic N) is 2. The Labute approximate surface area is 184 Å². The zero-order chi connectivity index (χ0) is 22.5. The lowest BCUT2D eigenvalue weighted by Crippen LogP contribution is -2.32. The summed E-state index contributed by atoms with van der Waals surface area (Å²) < 4.78 is 18.2. The van der Waals surface area contributed by atoms with Crippen molar-refractivity contribution >= 4 is 22.8 Å². The van der Waals surface area contributed by atoms with Crippen LogP contribution >= 0.6 is 0 Å². The lowest BCUT2D eigenvalue weighted by Gasteiger charge is -2.17. The molecule has 4 aromatic rings. The second kappa shape index (κ2) is 9.34. The summed E-state index contributed by atoms with van der Waals surface area (Å²) in [7, 11) is 1.27. The summed E-state index contributed by atoms with van der Waals surface area (Å²) in [6.07, 6.45) is 1.66. The van der Waals surface area contributed by atoms with Crippen LogP contribution in [0.5, 0.6) is 0 Å². The first-order chi connectivity index (χ1) is 15.6. The number of pyridine rings is 2. The van der Waals surface area contributed by atoms with Crippen molar-refractivity contribution < 1.29 is 18.7 Å². The number of rotatable bonds is 6. The van der Waals surface area contributed by atoms with Crippen molar-refractivity contribution in [3.63, 3.8) is 0 Å². The Kier molecular flexibility index (Phi) is 6.17. The van der Waals surface area contributed by atoms with Gasteiger partial charge in [-0.1, -0.05) is 36.4 Å². The first-order valence-electron chi connectivity index (χ1n) is 9.99. The molecule has 2 aromatic carbocycles. The summed E-state index contributed by atoms with van der Waals surface area (Å²) in [5.41, 5.74) is 2.83. The fourth-order valence-corrected chi connectivity index (χ4v) is 3.47. The number of hydrogen-bond acceptors (Lipinski definition) is 5. The third kappa shape index (κ3) is 4.46. The zero-order valence-electron chi connectivity index (χ0n) is 17.3. The highest BCUT2D eigenvalue weighted by atomic mass is 19.1. The quantitative estimate of drug-likeness (QED) is 0.466. The van der Waals surface area contributed by atoms with Gasteiger partial charge < -0.3 is 10.1 Å². The molecule has 0 fully saturated rings. The molecule has 0 saturated heterocycles. The molecule has 160 valence electrons. The number of esters is 1. The maximum absolute atomic E-state index is 13.3. The maximum Gasteiger partial charge on any atom is 0.314 e. The lowest BCUT2D eigenvalue weighted by molar-refractivity contribution is -0.142. The summed E-state index contributed by atoms with van der Waals surface area (Å²) in [6.45, 7) is -0.00723. The van der Waals surface area contributed by atoms with Gasteiger partial charge in [-0.05, 0) is 42.0 Å². The van der Waals surface area contributed by atoms with E-state index in [2.05, 4.69) is 15.3 Å². The van der Waals surface area contributed by atoms with E-state index in [4.69, 9.17) is 4.74 Å². The van der Waals surface area contributed by atoms with Crippen LogP contribution in [0.2, 0.25) is 0 Å². The first-order valence-corrected chi connectivity index (χ1v) is 9.99. The van der Waals surface area contributed by atoms with Crippen LogP contribution in [0.25, 0.3) is 22.3 Å². The van der Waals surface area contributed by atoms with E-state index in [9.17, 15) is 14.0 Å². The molecule has 4 rings (SSSR count). The molecule has 6 nitrogen and oxygen atoms in total. The molecule has 0 aliphatic carbocycles. The Morgan fingerprint density at radius 2 is 1.75 bits per heavy atom. The first kappa shape index (κ1) is 21.1. The maximum atomic E-state index is 13.3. The number of aromatic nitrogens is 2. The smallest absolute Gasteiger partial charge is 0.314 e. The monoisotopic (exact) mass is 429 g/mol. The molecular weight excluding hydrogens is 409 g/mol. The van der Waals surface area contributed by atoms with Gasteiger partial charge >= 0.3 is 5.97 Å². The van der Waals surface area contributed by atoms with E-state index in [1.807, 2.05) is 36.4 Å². The number of halogens is 1. The van der Waals surface area contributed by atoms with Crippen LogP contribution in [0.15, 0.2) is 79.0 Å². The molecule has 1 amide bonds. The predicted molar refractivity (Wildman–Crippen MR) is 118 cm³/mol. The minimum absolute atomic E-state index is 0.00723. The van der Waals surface area contributed by atoms with Gasteiger partial charge in [-0.15, -0.1) is 0 Å². The van der Waals surface area contributed by atoms with Crippen molar-refractivity contribution in [3.05, 3.63) is 95.9 Å². The normalized spacial score (nSPS) is 11.7. The van der Waals surface area contributed by atoms with Gasteiger partial charge in [0.25, 0.3) is 5.91 Å². The molecule has 2 aromatic heterocycles. The highest BCUT2D eigenvalue weighted by Gasteiger charge is 2.23. The van der Waals surface area contributed by atoms with Gasteiger partial charge in [-0.2, -0.15) is 0 Å². The number of benzene rings is 2. The minimum atomic E-state index is -0.770. The standard InChI is InChI=1S/C25H20FN3O3/c1-32-25(31)20(16-9-11-17(26)12-10-16)15-28-24(30)19-14-23(22-8-4-5-13-27-22)29-21-7-3-2-6-18(19)21/h2-14,20H,15H2,1H3,(H,28,30). The van der Waals surface area contributed by atoms with Crippen LogP contribution in [-0.4, -0.2) is 35.5 Å². The molecule has 0 saturated carbocycles. The number of carbonyl (C=O) groups is 2. The Morgan fingerprint density at radius 1 is 1.00 bits per heavy atom. The van der Waals surface area contributed by atoms with Crippen molar-refractivity contribution in [1.29, 1.82) is 0 Å². The average Bonchev–Trinajstić information content (AvgIpc) is 2.84. The fraction of sp³-hybridized carbons (Fsp3) is 0.120. The Morgan fingerprint density at radius 3 is 2.47 bits per heavy atom. The van der Waals surface area contributed by atoms with E-state index >= 15 is 0 Å². The second-order valence-corrected chi connectivity index (χ2v) is 7.12. The van der Waals surface area contributed by atoms with Crippen molar-refractivity contribution in [2.75, 3.05) is 13.7 Å². The summed E-state index contributed by atoms with van der Waals surface area (Å²) >= 11 is 0. The molecule has 7 heteroatoms. The van der Waals surface area contributed by atoms with Crippen molar-refractivity contribution in [3.8, 4) is 11.4 Å². The highest BCUT2D eigenvalue weighted by molar-refractivity contribution is 6.07. The molecular formula is C25H20FN3O3. The van der Waals surface area contributed by atoms with Crippen LogP contribution in [0, 0.1) is 5.82 Å². The van der Waals surface area contributed by atoms with Crippen LogP contribution < -0.4 is 5.32 Å². The number of nitrogens with one attached hydrogen (secondary N) is 1. The molecule has 0 aliphatic rings. The summed E-state index contributed by atoms with van der Waals surface area (Å²) in [4.78, 5) is 34.4. The number of amides is 1.